The molecule has 166 valence electrons. The molecule has 6 nitrogen and oxygen atoms in total. The molecule has 1 saturated heterocycles. The second-order valence-corrected chi connectivity index (χ2v) is 8.84. The molecule has 1 aromatic heterocycles. The van der Waals surface area contributed by atoms with Gasteiger partial charge in [0.2, 0.25) is 0 Å². The van der Waals surface area contributed by atoms with E-state index in [4.69, 9.17) is 17.3 Å². The molecule has 0 unspecified atom stereocenters. The van der Waals surface area contributed by atoms with Gasteiger partial charge in [-0.25, -0.2) is 0 Å². The van der Waals surface area contributed by atoms with Crippen molar-refractivity contribution >= 4 is 28.9 Å². The van der Waals surface area contributed by atoms with Crippen molar-refractivity contribution in [2.45, 2.75) is 19.0 Å². The number of hydrogen-bond acceptors (Lipinski definition) is 5. The van der Waals surface area contributed by atoms with Gasteiger partial charge in [-0.05, 0) is 56.4 Å². The van der Waals surface area contributed by atoms with Crippen LogP contribution in [0.2, 0.25) is 5.02 Å². The van der Waals surface area contributed by atoms with E-state index in [9.17, 15) is 4.79 Å². The number of benzene rings is 2. The molecule has 3 N–H and O–H groups in total. The summed E-state index contributed by atoms with van der Waals surface area (Å²) in [5.74, 6) is -0.217. The number of likely N-dealkylation sites (tertiary alicyclic amines) is 1. The van der Waals surface area contributed by atoms with Crippen LogP contribution in [0.1, 0.15) is 22.3 Å². The van der Waals surface area contributed by atoms with E-state index in [1.54, 1.807) is 24.3 Å². The summed E-state index contributed by atoms with van der Waals surface area (Å²) in [6.45, 7) is 2.99. The average Bonchev–Trinajstić information content (AvgIpc) is 3.24. The summed E-state index contributed by atoms with van der Waals surface area (Å²) in [6.07, 6.45) is 3.08. The maximum Gasteiger partial charge on any atom is 0.255 e. The SMILES string of the molecule is CN(C)[C@H]1CCN(Cc2cnc(-c3ccc(C(=O)Nc4ccccc4N)cc3)c(Cl)c2)C1. The first-order valence-corrected chi connectivity index (χ1v) is 11.1. The summed E-state index contributed by atoms with van der Waals surface area (Å²) < 4.78 is 0. The molecule has 7 heteroatoms. The van der Waals surface area contributed by atoms with Crippen LogP contribution in [0.4, 0.5) is 11.4 Å². The van der Waals surface area contributed by atoms with Crippen LogP contribution in [0.15, 0.2) is 60.8 Å². The number of halogens is 1. The maximum atomic E-state index is 12.5. The predicted molar refractivity (Wildman–Crippen MR) is 131 cm³/mol. The van der Waals surface area contributed by atoms with Crippen molar-refractivity contribution in [1.82, 2.24) is 14.8 Å². The highest BCUT2D eigenvalue weighted by Crippen LogP contribution is 2.28. The summed E-state index contributed by atoms with van der Waals surface area (Å²) in [7, 11) is 4.26. The predicted octanol–water partition coefficient (Wildman–Crippen LogP) is 4.37. The van der Waals surface area contributed by atoms with Crippen molar-refractivity contribution in [3.8, 4) is 11.3 Å². The van der Waals surface area contributed by atoms with Gasteiger partial charge in [0.25, 0.3) is 5.91 Å². The van der Waals surface area contributed by atoms with Gasteiger partial charge < -0.3 is 16.0 Å². The smallest absolute Gasteiger partial charge is 0.255 e. The highest BCUT2D eigenvalue weighted by atomic mass is 35.5. The minimum Gasteiger partial charge on any atom is -0.397 e. The Bertz CT molecular complexity index is 1100. The van der Waals surface area contributed by atoms with Crippen LogP contribution in [0.5, 0.6) is 0 Å². The van der Waals surface area contributed by atoms with E-state index in [2.05, 4.69) is 34.2 Å². The standard InChI is InChI=1S/C25H28ClN5O/c1-30(2)20-11-12-31(16-20)15-17-13-21(26)24(28-14-17)18-7-9-19(10-8-18)25(32)29-23-6-4-3-5-22(23)27/h3-10,13-14,20H,11-12,15-16,27H2,1-2H3,(H,29,32)/t20-/m0/s1. The number of anilines is 2. The average molecular weight is 450 g/mol. The fourth-order valence-corrected chi connectivity index (χ4v) is 4.29. The molecule has 1 fully saturated rings. The molecule has 1 aliphatic heterocycles. The van der Waals surface area contributed by atoms with Crippen molar-refractivity contribution < 1.29 is 4.79 Å². The lowest BCUT2D eigenvalue weighted by Crippen LogP contribution is -2.31. The zero-order valence-corrected chi connectivity index (χ0v) is 19.1. The van der Waals surface area contributed by atoms with E-state index < -0.39 is 0 Å². The first kappa shape index (κ1) is 22.3. The van der Waals surface area contributed by atoms with Crippen molar-refractivity contribution in [2.24, 2.45) is 0 Å². The Morgan fingerprint density at radius 3 is 2.62 bits per heavy atom. The third kappa shape index (κ3) is 5.10. The molecule has 1 amide bonds. The van der Waals surface area contributed by atoms with Gasteiger partial charge in [-0.3, -0.25) is 14.7 Å². The largest absolute Gasteiger partial charge is 0.397 e. The molecule has 1 aliphatic rings. The lowest BCUT2D eigenvalue weighted by Gasteiger charge is -2.20. The van der Waals surface area contributed by atoms with E-state index in [0.29, 0.717) is 33.7 Å². The van der Waals surface area contributed by atoms with Gasteiger partial charge >= 0.3 is 0 Å². The Morgan fingerprint density at radius 2 is 1.97 bits per heavy atom. The Kier molecular flexibility index (Phi) is 6.74. The number of para-hydroxylation sites is 2. The number of aromatic nitrogens is 1. The van der Waals surface area contributed by atoms with Gasteiger partial charge in [0.05, 0.1) is 22.1 Å². The van der Waals surface area contributed by atoms with Crippen LogP contribution >= 0.6 is 11.6 Å². The summed E-state index contributed by atoms with van der Waals surface area (Å²) in [5.41, 5.74) is 10.2. The van der Waals surface area contributed by atoms with Crippen LogP contribution in [0.25, 0.3) is 11.3 Å². The second-order valence-electron chi connectivity index (χ2n) is 8.43. The van der Waals surface area contributed by atoms with Crippen molar-refractivity contribution in [3.63, 3.8) is 0 Å². The number of nitrogens with two attached hydrogens (primary N) is 1. The van der Waals surface area contributed by atoms with E-state index in [-0.39, 0.29) is 5.91 Å². The second kappa shape index (κ2) is 9.69. The van der Waals surface area contributed by atoms with Gasteiger partial charge in [0.15, 0.2) is 0 Å². The Balaban J connectivity index is 1.42. The third-order valence-corrected chi connectivity index (χ3v) is 6.20. The number of pyridine rings is 1. The summed E-state index contributed by atoms with van der Waals surface area (Å²) in [4.78, 5) is 21.9. The van der Waals surface area contributed by atoms with Crippen molar-refractivity contribution in [1.29, 1.82) is 0 Å². The topological polar surface area (TPSA) is 74.5 Å². The number of rotatable bonds is 6. The minimum absolute atomic E-state index is 0.217. The minimum atomic E-state index is -0.217. The number of amides is 1. The molecule has 1 atom stereocenters. The number of hydrogen-bond donors (Lipinski definition) is 2. The van der Waals surface area contributed by atoms with Crippen molar-refractivity contribution in [3.05, 3.63) is 76.9 Å². The number of nitrogen functional groups attached to an aromatic ring is 1. The molecule has 2 aromatic carbocycles. The van der Waals surface area contributed by atoms with Crippen LogP contribution in [-0.4, -0.2) is 53.9 Å². The number of carbonyl (C=O) groups is 1. The molecule has 2 heterocycles. The molecule has 32 heavy (non-hydrogen) atoms. The van der Waals surface area contributed by atoms with Gasteiger partial charge in [-0.1, -0.05) is 35.9 Å². The first-order valence-electron chi connectivity index (χ1n) is 10.7. The fourth-order valence-electron chi connectivity index (χ4n) is 4.00. The molecule has 0 spiro atoms. The summed E-state index contributed by atoms with van der Waals surface area (Å²) in [5, 5.41) is 3.45. The number of nitrogens with zero attached hydrogens (tertiary/aromatic N) is 3. The van der Waals surface area contributed by atoms with Gasteiger partial charge in [-0.2, -0.15) is 0 Å². The van der Waals surface area contributed by atoms with E-state index in [1.165, 1.54) is 6.42 Å². The summed E-state index contributed by atoms with van der Waals surface area (Å²) in [6, 6.07) is 17.0. The highest BCUT2D eigenvalue weighted by molar-refractivity contribution is 6.33. The zero-order chi connectivity index (χ0) is 22.7. The molecule has 0 bridgehead atoms. The quantitative estimate of drug-likeness (QED) is 0.546. The van der Waals surface area contributed by atoms with Gasteiger partial charge in [0, 0.05) is 43.0 Å². The Hall–Kier alpha value is -2.93. The first-order chi connectivity index (χ1) is 15.4. The maximum absolute atomic E-state index is 12.5. The molecule has 0 saturated carbocycles. The Labute approximate surface area is 194 Å². The highest BCUT2D eigenvalue weighted by Gasteiger charge is 2.24. The zero-order valence-electron chi connectivity index (χ0n) is 18.4. The Morgan fingerprint density at radius 1 is 1.22 bits per heavy atom. The van der Waals surface area contributed by atoms with Crippen LogP contribution in [-0.2, 0) is 6.54 Å². The lowest BCUT2D eigenvalue weighted by atomic mass is 10.1. The third-order valence-electron chi connectivity index (χ3n) is 5.91. The molecule has 3 aromatic rings. The molecular weight excluding hydrogens is 422 g/mol. The molecule has 4 rings (SSSR count). The monoisotopic (exact) mass is 449 g/mol. The van der Waals surface area contributed by atoms with E-state index in [1.807, 2.05) is 36.5 Å². The number of likely N-dealkylation sites (N-methyl/N-ethyl adjacent to an activating group) is 1. The molecule has 0 radical (unpaired) electrons. The van der Waals surface area contributed by atoms with Crippen LogP contribution in [0.3, 0.4) is 0 Å². The van der Waals surface area contributed by atoms with Crippen LogP contribution < -0.4 is 11.1 Å². The summed E-state index contributed by atoms with van der Waals surface area (Å²) >= 11 is 6.57. The van der Waals surface area contributed by atoms with Gasteiger partial charge in [0.1, 0.15) is 0 Å². The van der Waals surface area contributed by atoms with E-state index >= 15 is 0 Å². The number of carbonyl (C=O) groups excluding carboxylic acids is 1. The lowest BCUT2D eigenvalue weighted by molar-refractivity contribution is 0.102. The normalized spacial score (nSPS) is 16.4. The van der Waals surface area contributed by atoms with Crippen molar-refractivity contribution in [2.75, 3.05) is 38.2 Å². The number of nitrogens with one attached hydrogen (secondary N) is 1. The van der Waals surface area contributed by atoms with Crippen LogP contribution in [0, 0.1) is 0 Å². The van der Waals surface area contributed by atoms with Gasteiger partial charge in [-0.15, -0.1) is 0 Å². The molecule has 0 aliphatic carbocycles. The fraction of sp³-hybridized carbons (Fsp3) is 0.280. The molecular formula is C25H28ClN5O. The van der Waals surface area contributed by atoms with E-state index in [0.717, 1.165) is 30.8 Å².